The van der Waals surface area contributed by atoms with Gasteiger partial charge in [0.1, 0.15) is 0 Å². The van der Waals surface area contributed by atoms with Gasteiger partial charge in [-0.3, -0.25) is 0 Å². The molecule has 0 spiro atoms. The molecule has 96 valence electrons. The van der Waals surface area contributed by atoms with Gasteiger partial charge in [0, 0.05) is 0 Å². The first-order valence-corrected chi connectivity index (χ1v) is 6.60. The van der Waals surface area contributed by atoms with Gasteiger partial charge in [0.05, 0.1) is 6.10 Å². The van der Waals surface area contributed by atoms with Gasteiger partial charge >= 0.3 is 0 Å². The molecule has 0 aliphatic heterocycles. The standard InChI is InChI=1S/C14H20O.C2H6/c1-12-7-6-10-14(11-12)9-5-3-4-8-13(2)15;1-2/h5-7,9-11,13,15H,3-4,8H2,1-2H3;1-2H3/b9-5+;/t13-;/m0./s1. The number of hydrogen-bond donors (Lipinski definition) is 1. The molecular weight excluding hydrogens is 208 g/mol. The van der Waals surface area contributed by atoms with E-state index in [1.165, 1.54) is 11.1 Å². The summed E-state index contributed by atoms with van der Waals surface area (Å²) in [6, 6.07) is 8.46. The Morgan fingerprint density at radius 3 is 2.59 bits per heavy atom. The van der Waals surface area contributed by atoms with Crippen molar-refractivity contribution in [2.24, 2.45) is 0 Å². The number of unbranched alkanes of at least 4 members (excludes halogenated alkanes) is 1. The summed E-state index contributed by atoms with van der Waals surface area (Å²) in [6.45, 7) is 7.94. The molecule has 0 unspecified atom stereocenters. The topological polar surface area (TPSA) is 20.2 Å². The third-order valence-electron chi connectivity index (χ3n) is 2.35. The maximum absolute atomic E-state index is 9.08. The van der Waals surface area contributed by atoms with Crippen molar-refractivity contribution in [1.82, 2.24) is 0 Å². The zero-order valence-electron chi connectivity index (χ0n) is 11.6. The van der Waals surface area contributed by atoms with E-state index in [0.29, 0.717) is 0 Å². The molecule has 17 heavy (non-hydrogen) atoms. The summed E-state index contributed by atoms with van der Waals surface area (Å²) >= 11 is 0. The van der Waals surface area contributed by atoms with Crippen molar-refractivity contribution in [3.05, 3.63) is 41.5 Å². The van der Waals surface area contributed by atoms with Crippen LogP contribution in [0.5, 0.6) is 0 Å². The minimum Gasteiger partial charge on any atom is -0.393 e. The molecule has 0 fully saturated rings. The Labute approximate surface area is 106 Å². The lowest BCUT2D eigenvalue weighted by Crippen LogP contribution is -1.97. The second-order valence-electron chi connectivity index (χ2n) is 4.10. The predicted octanol–water partition coefficient (Wildman–Crippen LogP) is 4.59. The van der Waals surface area contributed by atoms with Gasteiger partial charge < -0.3 is 5.11 Å². The summed E-state index contributed by atoms with van der Waals surface area (Å²) in [5.74, 6) is 0. The fourth-order valence-electron chi connectivity index (χ4n) is 1.52. The molecule has 0 saturated heterocycles. The highest BCUT2D eigenvalue weighted by Gasteiger charge is 1.92. The van der Waals surface area contributed by atoms with E-state index in [0.717, 1.165) is 19.3 Å². The van der Waals surface area contributed by atoms with Crippen molar-refractivity contribution < 1.29 is 5.11 Å². The number of allylic oxidation sites excluding steroid dienone is 1. The molecule has 1 nitrogen and oxygen atoms in total. The normalized spacial score (nSPS) is 12.1. The third kappa shape index (κ3) is 8.70. The van der Waals surface area contributed by atoms with Crippen LogP contribution >= 0.6 is 0 Å². The first-order valence-electron chi connectivity index (χ1n) is 6.60. The van der Waals surface area contributed by atoms with Crippen LogP contribution in [0.25, 0.3) is 6.08 Å². The van der Waals surface area contributed by atoms with E-state index in [9.17, 15) is 0 Å². The molecule has 1 aromatic rings. The van der Waals surface area contributed by atoms with Gasteiger partial charge in [0.2, 0.25) is 0 Å². The van der Waals surface area contributed by atoms with E-state index >= 15 is 0 Å². The highest BCUT2D eigenvalue weighted by Crippen LogP contribution is 2.08. The molecule has 0 aliphatic carbocycles. The Kier molecular flexibility index (Phi) is 9.46. The van der Waals surface area contributed by atoms with Gasteiger partial charge in [-0.2, -0.15) is 0 Å². The first-order chi connectivity index (χ1) is 8.18. The summed E-state index contributed by atoms with van der Waals surface area (Å²) in [7, 11) is 0. The van der Waals surface area contributed by atoms with E-state index in [1.807, 2.05) is 20.8 Å². The molecule has 0 aromatic heterocycles. The summed E-state index contributed by atoms with van der Waals surface area (Å²) in [5.41, 5.74) is 2.55. The van der Waals surface area contributed by atoms with Crippen molar-refractivity contribution in [1.29, 1.82) is 0 Å². The maximum atomic E-state index is 9.08. The number of aliphatic hydroxyl groups excluding tert-OH is 1. The summed E-state index contributed by atoms with van der Waals surface area (Å²) in [6.07, 6.45) is 7.14. The molecule has 1 N–H and O–H groups in total. The molecule has 0 bridgehead atoms. The van der Waals surface area contributed by atoms with Crippen LogP contribution in [0.15, 0.2) is 30.3 Å². The minimum absolute atomic E-state index is 0.169. The van der Waals surface area contributed by atoms with Gasteiger partial charge in [0.25, 0.3) is 0 Å². The quantitative estimate of drug-likeness (QED) is 0.739. The number of aliphatic hydroxyl groups is 1. The molecule has 0 amide bonds. The van der Waals surface area contributed by atoms with E-state index in [2.05, 4.69) is 43.3 Å². The van der Waals surface area contributed by atoms with Gasteiger partial charge in [-0.1, -0.05) is 55.8 Å². The Morgan fingerprint density at radius 2 is 2.00 bits per heavy atom. The zero-order chi connectivity index (χ0) is 13.1. The van der Waals surface area contributed by atoms with Crippen molar-refractivity contribution in [3.8, 4) is 0 Å². The molecule has 0 saturated carbocycles. The Balaban J connectivity index is 0.00000121. The van der Waals surface area contributed by atoms with E-state index in [4.69, 9.17) is 5.11 Å². The van der Waals surface area contributed by atoms with Gasteiger partial charge in [-0.15, -0.1) is 0 Å². The SMILES string of the molecule is CC.Cc1cccc(/C=C/CCC[C@H](C)O)c1. The van der Waals surface area contributed by atoms with Crippen LogP contribution < -0.4 is 0 Å². The zero-order valence-corrected chi connectivity index (χ0v) is 11.6. The molecule has 0 heterocycles. The minimum atomic E-state index is -0.169. The average molecular weight is 234 g/mol. The Morgan fingerprint density at radius 1 is 1.29 bits per heavy atom. The number of benzene rings is 1. The van der Waals surface area contributed by atoms with E-state index in [1.54, 1.807) is 0 Å². The first kappa shape index (κ1) is 15.9. The molecular formula is C16H26O. The summed E-state index contributed by atoms with van der Waals surface area (Å²) < 4.78 is 0. The van der Waals surface area contributed by atoms with E-state index < -0.39 is 0 Å². The monoisotopic (exact) mass is 234 g/mol. The van der Waals surface area contributed by atoms with Crippen LogP contribution in [0.3, 0.4) is 0 Å². The van der Waals surface area contributed by atoms with Gasteiger partial charge in [-0.25, -0.2) is 0 Å². The molecule has 1 heteroatoms. The van der Waals surface area contributed by atoms with Crippen molar-refractivity contribution in [3.63, 3.8) is 0 Å². The van der Waals surface area contributed by atoms with Crippen LogP contribution in [0, 0.1) is 6.92 Å². The van der Waals surface area contributed by atoms with Crippen LogP contribution in [-0.2, 0) is 0 Å². The highest BCUT2D eigenvalue weighted by molar-refractivity contribution is 5.49. The molecule has 0 aliphatic rings. The summed E-state index contributed by atoms with van der Waals surface area (Å²) in [5, 5.41) is 9.08. The lowest BCUT2D eigenvalue weighted by molar-refractivity contribution is 0.182. The van der Waals surface area contributed by atoms with E-state index in [-0.39, 0.29) is 6.10 Å². The fraction of sp³-hybridized carbons (Fsp3) is 0.500. The van der Waals surface area contributed by atoms with Crippen molar-refractivity contribution in [2.45, 2.75) is 53.1 Å². The largest absolute Gasteiger partial charge is 0.393 e. The smallest absolute Gasteiger partial charge is 0.0512 e. The van der Waals surface area contributed by atoms with Crippen molar-refractivity contribution in [2.75, 3.05) is 0 Å². The molecule has 1 aromatic carbocycles. The fourth-order valence-corrected chi connectivity index (χ4v) is 1.52. The second kappa shape index (κ2) is 10.1. The van der Waals surface area contributed by atoms with Crippen molar-refractivity contribution >= 4 is 6.08 Å². The van der Waals surface area contributed by atoms with Crippen LogP contribution in [-0.4, -0.2) is 11.2 Å². The summed E-state index contributed by atoms with van der Waals surface area (Å²) in [4.78, 5) is 0. The lowest BCUT2D eigenvalue weighted by atomic mass is 10.1. The number of aryl methyl sites for hydroxylation is 1. The van der Waals surface area contributed by atoms with Crippen LogP contribution in [0.2, 0.25) is 0 Å². The second-order valence-corrected chi connectivity index (χ2v) is 4.10. The highest BCUT2D eigenvalue weighted by atomic mass is 16.3. The molecule has 1 rings (SSSR count). The number of hydrogen-bond acceptors (Lipinski definition) is 1. The average Bonchev–Trinajstić information content (AvgIpc) is 2.31. The maximum Gasteiger partial charge on any atom is 0.0512 e. The molecule has 0 radical (unpaired) electrons. The van der Waals surface area contributed by atoms with Gasteiger partial charge in [-0.05, 0) is 38.7 Å². The van der Waals surface area contributed by atoms with Crippen LogP contribution in [0.1, 0.15) is 51.2 Å². The van der Waals surface area contributed by atoms with Crippen LogP contribution in [0.4, 0.5) is 0 Å². The lowest BCUT2D eigenvalue weighted by Gasteiger charge is -2.00. The Bertz CT molecular complexity index is 313. The number of rotatable bonds is 5. The van der Waals surface area contributed by atoms with Gasteiger partial charge in [0.15, 0.2) is 0 Å². The third-order valence-corrected chi connectivity index (χ3v) is 2.35. The predicted molar refractivity (Wildman–Crippen MR) is 77.1 cm³/mol. The Hall–Kier alpha value is -1.08. The molecule has 1 atom stereocenters.